The molecule has 0 saturated heterocycles. The van der Waals surface area contributed by atoms with E-state index in [0.29, 0.717) is 0 Å². The second-order valence-electron chi connectivity index (χ2n) is 1.53. The SMILES string of the molecule is CNCNC(=O)C(=O)OC. The van der Waals surface area contributed by atoms with Crippen LogP contribution >= 0.6 is 0 Å². The van der Waals surface area contributed by atoms with Crippen LogP contribution in [0.4, 0.5) is 0 Å². The van der Waals surface area contributed by atoms with Crippen molar-refractivity contribution in [3.8, 4) is 0 Å². The Morgan fingerprint density at radius 3 is 2.50 bits per heavy atom. The molecule has 0 aliphatic rings. The minimum Gasteiger partial charge on any atom is -0.462 e. The fraction of sp³-hybridized carbons (Fsp3) is 0.600. The molecular weight excluding hydrogens is 136 g/mol. The molecule has 0 atom stereocenters. The summed E-state index contributed by atoms with van der Waals surface area (Å²) in [5.41, 5.74) is 0. The highest BCUT2D eigenvalue weighted by Gasteiger charge is 2.10. The molecule has 0 aliphatic heterocycles. The quantitative estimate of drug-likeness (QED) is 0.281. The standard InChI is InChI=1S/C5H10N2O3/c1-6-3-7-4(8)5(9)10-2/h6H,3H2,1-2H3,(H,7,8). The van der Waals surface area contributed by atoms with E-state index in [0.717, 1.165) is 7.11 Å². The van der Waals surface area contributed by atoms with Gasteiger partial charge >= 0.3 is 11.9 Å². The summed E-state index contributed by atoms with van der Waals surface area (Å²) in [7, 11) is 2.80. The van der Waals surface area contributed by atoms with Gasteiger partial charge in [-0.15, -0.1) is 0 Å². The zero-order valence-electron chi connectivity index (χ0n) is 5.93. The maximum atomic E-state index is 10.5. The predicted octanol–water partition coefficient (Wildman–Crippen LogP) is -1.55. The van der Waals surface area contributed by atoms with Crippen molar-refractivity contribution in [2.24, 2.45) is 0 Å². The first-order valence-corrected chi connectivity index (χ1v) is 2.73. The first-order chi connectivity index (χ1) is 4.72. The van der Waals surface area contributed by atoms with Gasteiger partial charge in [0.15, 0.2) is 0 Å². The molecule has 10 heavy (non-hydrogen) atoms. The lowest BCUT2D eigenvalue weighted by Gasteiger charge is -2.00. The number of nitrogens with one attached hydrogen (secondary N) is 2. The Labute approximate surface area is 58.7 Å². The highest BCUT2D eigenvalue weighted by Crippen LogP contribution is 1.70. The van der Waals surface area contributed by atoms with Crippen molar-refractivity contribution in [1.82, 2.24) is 10.6 Å². The topological polar surface area (TPSA) is 67.4 Å². The van der Waals surface area contributed by atoms with Crippen molar-refractivity contribution in [1.29, 1.82) is 0 Å². The number of ether oxygens (including phenoxy) is 1. The summed E-state index contributed by atoms with van der Waals surface area (Å²) in [6.07, 6.45) is 0. The van der Waals surface area contributed by atoms with Gasteiger partial charge in [0.2, 0.25) is 0 Å². The molecule has 5 heteroatoms. The van der Waals surface area contributed by atoms with Gasteiger partial charge in [0.05, 0.1) is 13.8 Å². The Morgan fingerprint density at radius 2 is 2.10 bits per heavy atom. The normalized spacial score (nSPS) is 8.60. The highest BCUT2D eigenvalue weighted by atomic mass is 16.5. The second kappa shape index (κ2) is 4.75. The van der Waals surface area contributed by atoms with Crippen molar-refractivity contribution in [3.63, 3.8) is 0 Å². The summed E-state index contributed by atoms with van der Waals surface area (Å²) < 4.78 is 4.13. The first kappa shape index (κ1) is 8.90. The van der Waals surface area contributed by atoms with E-state index in [1.54, 1.807) is 7.05 Å². The Morgan fingerprint density at radius 1 is 1.50 bits per heavy atom. The van der Waals surface area contributed by atoms with Crippen molar-refractivity contribution < 1.29 is 14.3 Å². The summed E-state index contributed by atoms with van der Waals surface area (Å²) in [4.78, 5) is 20.9. The largest absolute Gasteiger partial charge is 0.462 e. The Balaban J connectivity index is 3.52. The summed E-state index contributed by atoms with van der Waals surface area (Å²) in [6, 6.07) is 0. The molecule has 1 amide bonds. The van der Waals surface area contributed by atoms with Gasteiger partial charge in [-0.05, 0) is 7.05 Å². The summed E-state index contributed by atoms with van der Waals surface area (Å²) in [6.45, 7) is 0.258. The van der Waals surface area contributed by atoms with Crippen molar-refractivity contribution in [2.75, 3.05) is 20.8 Å². The van der Waals surface area contributed by atoms with Crippen LogP contribution in [0.5, 0.6) is 0 Å². The van der Waals surface area contributed by atoms with E-state index in [9.17, 15) is 9.59 Å². The van der Waals surface area contributed by atoms with Gasteiger partial charge in [-0.3, -0.25) is 4.79 Å². The van der Waals surface area contributed by atoms with E-state index < -0.39 is 11.9 Å². The minimum absolute atomic E-state index is 0.258. The lowest BCUT2D eigenvalue weighted by atomic mass is 10.6. The zero-order chi connectivity index (χ0) is 7.98. The third kappa shape index (κ3) is 3.03. The first-order valence-electron chi connectivity index (χ1n) is 2.73. The fourth-order valence-corrected chi connectivity index (χ4v) is 0.334. The number of amides is 1. The van der Waals surface area contributed by atoms with Crippen LogP contribution < -0.4 is 10.6 Å². The fourth-order valence-electron chi connectivity index (χ4n) is 0.334. The van der Waals surface area contributed by atoms with Crippen LogP contribution in [-0.2, 0) is 14.3 Å². The average molecular weight is 146 g/mol. The number of esters is 1. The molecule has 0 aromatic heterocycles. The molecule has 0 radical (unpaired) electrons. The average Bonchev–Trinajstić information content (AvgIpc) is 1.98. The molecule has 0 aromatic carbocycles. The van der Waals surface area contributed by atoms with Gasteiger partial charge in [0.1, 0.15) is 0 Å². The summed E-state index contributed by atoms with van der Waals surface area (Å²) in [5, 5.41) is 4.90. The number of hydrogen-bond acceptors (Lipinski definition) is 4. The van der Waals surface area contributed by atoms with Crippen molar-refractivity contribution in [3.05, 3.63) is 0 Å². The number of hydrogen-bond donors (Lipinski definition) is 2. The Kier molecular flexibility index (Phi) is 4.23. The van der Waals surface area contributed by atoms with Gasteiger partial charge in [0.25, 0.3) is 0 Å². The van der Waals surface area contributed by atoms with E-state index in [2.05, 4.69) is 15.4 Å². The Hall–Kier alpha value is -1.10. The smallest absolute Gasteiger partial charge is 0.396 e. The van der Waals surface area contributed by atoms with Crippen LogP contribution in [0.25, 0.3) is 0 Å². The van der Waals surface area contributed by atoms with Crippen LogP contribution in [0, 0.1) is 0 Å². The molecule has 0 spiro atoms. The van der Waals surface area contributed by atoms with Crippen molar-refractivity contribution >= 4 is 11.9 Å². The Bertz CT molecular complexity index is 135. The van der Waals surface area contributed by atoms with E-state index in [1.807, 2.05) is 0 Å². The molecular formula is C5H10N2O3. The maximum absolute atomic E-state index is 10.5. The molecule has 0 aliphatic carbocycles. The molecule has 0 fully saturated rings. The van der Waals surface area contributed by atoms with E-state index in [-0.39, 0.29) is 6.67 Å². The van der Waals surface area contributed by atoms with Crippen LogP contribution in [0.1, 0.15) is 0 Å². The lowest BCUT2D eigenvalue weighted by molar-refractivity contribution is -0.152. The number of carbonyl (C=O) groups excluding carboxylic acids is 2. The second-order valence-corrected chi connectivity index (χ2v) is 1.53. The molecule has 2 N–H and O–H groups in total. The monoisotopic (exact) mass is 146 g/mol. The molecule has 5 nitrogen and oxygen atoms in total. The van der Waals surface area contributed by atoms with Crippen LogP contribution in [0.2, 0.25) is 0 Å². The van der Waals surface area contributed by atoms with Gasteiger partial charge in [0, 0.05) is 0 Å². The van der Waals surface area contributed by atoms with E-state index in [1.165, 1.54) is 0 Å². The predicted molar refractivity (Wildman–Crippen MR) is 34.1 cm³/mol. The molecule has 0 saturated carbocycles. The molecule has 0 heterocycles. The van der Waals surface area contributed by atoms with Crippen LogP contribution in [0.15, 0.2) is 0 Å². The molecule has 0 aromatic rings. The molecule has 0 bridgehead atoms. The molecule has 0 rings (SSSR count). The lowest BCUT2D eigenvalue weighted by Crippen LogP contribution is -2.37. The van der Waals surface area contributed by atoms with Gasteiger partial charge < -0.3 is 15.4 Å². The van der Waals surface area contributed by atoms with Crippen LogP contribution in [0.3, 0.4) is 0 Å². The van der Waals surface area contributed by atoms with Gasteiger partial charge in [-0.25, -0.2) is 4.79 Å². The maximum Gasteiger partial charge on any atom is 0.396 e. The minimum atomic E-state index is -0.879. The summed E-state index contributed by atoms with van der Waals surface area (Å²) >= 11 is 0. The van der Waals surface area contributed by atoms with E-state index >= 15 is 0 Å². The number of rotatable bonds is 2. The van der Waals surface area contributed by atoms with Crippen molar-refractivity contribution in [2.45, 2.75) is 0 Å². The van der Waals surface area contributed by atoms with Crippen LogP contribution in [-0.4, -0.2) is 32.7 Å². The van der Waals surface area contributed by atoms with Gasteiger partial charge in [-0.2, -0.15) is 0 Å². The van der Waals surface area contributed by atoms with E-state index in [4.69, 9.17) is 0 Å². The molecule has 0 unspecified atom stereocenters. The highest BCUT2D eigenvalue weighted by molar-refractivity contribution is 6.32. The third-order valence-corrected chi connectivity index (χ3v) is 0.797. The number of methoxy groups -OCH3 is 1. The van der Waals surface area contributed by atoms with Gasteiger partial charge in [-0.1, -0.05) is 0 Å². The number of carbonyl (C=O) groups is 2. The summed E-state index contributed by atoms with van der Waals surface area (Å²) in [5.74, 6) is -1.62. The zero-order valence-corrected chi connectivity index (χ0v) is 5.93. The third-order valence-electron chi connectivity index (χ3n) is 0.797. The molecule has 58 valence electrons.